The molecule has 82 valence electrons. The summed E-state index contributed by atoms with van der Waals surface area (Å²) in [6.45, 7) is 1.92. The maximum Gasteiger partial charge on any atom is 0.152 e. The maximum absolute atomic E-state index is 11.2. The molecule has 1 aliphatic rings. The summed E-state index contributed by atoms with van der Waals surface area (Å²) in [5.41, 5.74) is 1.01. The monoisotopic (exact) mass is 227 g/mol. The zero-order valence-corrected chi connectivity index (χ0v) is 9.29. The third-order valence-electron chi connectivity index (χ3n) is 2.38. The Bertz CT molecular complexity index is 458. The number of hydrogen-bond acceptors (Lipinski definition) is 5. The summed E-state index contributed by atoms with van der Waals surface area (Å²) < 4.78 is 22.4. The normalized spacial score (nSPS) is 23.9. The lowest BCUT2D eigenvalue weighted by Crippen LogP contribution is -2.21. The van der Waals surface area contributed by atoms with E-state index in [2.05, 4.69) is 15.5 Å². The minimum Gasteiger partial charge on any atom is -0.365 e. The van der Waals surface area contributed by atoms with Crippen molar-refractivity contribution < 1.29 is 8.42 Å². The molecule has 0 saturated carbocycles. The van der Waals surface area contributed by atoms with Crippen LogP contribution in [0.2, 0.25) is 0 Å². The molecule has 0 spiro atoms. The fraction of sp³-hybridized carbons (Fsp3) is 0.556. The van der Waals surface area contributed by atoms with Crippen molar-refractivity contribution in [2.45, 2.75) is 19.4 Å². The van der Waals surface area contributed by atoms with Crippen LogP contribution in [0.25, 0.3) is 0 Å². The van der Waals surface area contributed by atoms with Gasteiger partial charge in [-0.25, -0.2) is 8.42 Å². The topological polar surface area (TPSA) is 72.0 Å². The van der Waals surface area contributed by atoms with Crippen LogP contribution >= 0.6 is 0 Å². The summed E-state index contributed by atoms with van der Waals surface area (Å²) in [6.07, 6.45) is 2.31. The molecule has 1 saturated heterocycles. The Morgan fingerprint density at radius 1 is 1.53 bits per heavy atom. The van der Waals surface area contributed by atoms with E-state index >= 15 is 0 Å². The van der Waals surface area contributed by atoms with E-state index in [0.717, 1.165) is 5.56 Å². The van der Waals surface area contributed by atoms with E-state index in [9.17, 15) is 8.42 Å². The van der Waals surface area contributed by atoms with Crippen LogP contribution in [-0.2, 0) is 9.84 Å². The molecule has 2 heterocycles. The Morgan fingerprint density at radius 2 is 2.33 bits per heavy atom. The van der Waals surface area contributed by atoms with Crippen LogP contribution in [0.1, 0.15) is 12.0 Å². The molecule has 2 rings (SSSR count). The van der Waals surface area contributed by atoms with Gasteiger partial charge in [0.25, 0.3) is 0 Å². The van der Waals surface area contributed by atoms with E-state index in [1.54, 1.807) is 6.20 Å². The Labute approximate surface area is 88.8 Å². The molecule has 1 aliphatic heterocycles. The largest absolute Gasteiger partial charge is 0.365 e. The Hall–Kier alpha value is -1.17. The highest BCUT2D eigenvalue weighted by Crippen LogP contribution is 2.15. The van der Waals surface area contributed by atoms with E-state index in [1.165, 1.54) is 0 Å². The highest BCUT2D eigenvalue weighted by atomic mass is 32.2. The van der Waals surface area contributed by atoms with Gasteiger partial charge >= 0.3 is 0 Å². The van der Waals surface area contributed by atoms with E-state index in [1.807, 2.05) is 13.0 Å². The molecule has 15 heavy (non-hydrogen) atoms. The molecule has 1 N–H and O–H groups in total. The number of anilines is 1. The van der Waals surface area contributed by atoms with Crippen LogP contribution in [0, 0.1) is 6.92 Å². The standard InChI is InChI=1S/C9H13N3O2S/c1-7-4-9(12-10-5-7)11-8-2-3-15(13,14)6-8/h4-5,8H,2-3,6H2,1H3,(H,11,12). The number of sulfone groups is 1. The molecule has 1 unspecified atom stereocenters. The van der Waals surface area contributed by atoms with Crippen LogP contribution in [0.5, 0.6) is 0 Å². The van der Waals surface area contributed by atoms with Crippen molar-refractivity contribution in [1.82, 2.24) is 10.2 Å². The van der Waals surface area contributed by atoms with Crippen molar-refractivity contribution in [3.8, 4) is 0 Å². The van der Waals surface area contributed by atoms with Gasteiger partial charge in [-0.05, 0) is 25.0 Å². The lowest BCUT2D eigenvalue weighted by Gasteiger charge is -2.10. The molecule has 1 aromatic heterocycles. The molecule has 1 atom stereocenters. The molecule has 1 aromatic rings. The van der Waals surface area contributed by atoms with Crippen molar-refractivity contribution in [1.29, 1.82) is 0 Å². The van der Waals surface area contributed by atoms with Gasteiger partial charge in [0.15, 0.2) is 9.84 Å². The second kappa shape index (κ2) is 3.77. The first-order valence-electron chi connectivity index (χ1n) is 4.81. The molecule has 0 amide bonds. The lowest BCUT2D eigenvalue weighted by atomic mass is 10.2. The van der Waals surface area contributed by atoms with Gasteiger partial charge in [-0.3, -0.25) is 0 Å². The Kier molecular flexibility index (Phi) is 2.60. The van der Waals surface area contributed by atoms with Crippen molar-refractivity contribution >= 4 is 15.7 Å². The molecule has 5 nitrogen and oxygen atoms in total. The van der Waals surface area contributed by atoms with Crippen LogP contribution < -0.4 is 5.32 Å². The Balaban J connectivity index is 2.05. The third kappa shape index (κ3) is 2.65. The predicted molar refractivity (Wildman–Crippen MR) is 57.5 cm³/mol. The van der Waals surface area contributed by atoms with Crippen LogP contribution in [0.3, 0.4) is 0 Å². The van der Waals surface area contributed by atoms with Gasteiger partial charge in [0.1, 0.15) is 5.82 Å². The molecule has 6 heteroatoms. The first kappa shape index (κ1) is 10.4. The second-order valence-corrected chi connectivity index (χ2v) is 6.09. The number of nitrogens with zero attached hydrogens (tertiary/aromatic N) is 2. The average molecular weight is 227 g/mol. The molecule has 0 aromatic carbocycles. The molecule has 0 aliphatic carbocycles. The summed E-state index contributed by atoms with van der Waals surface area (Å²) in [5, 5.41) is 10.8. The highest BCUT2D eigenvalue weighted by molar-refractivity contribution is 7.91. The van der Waals surface area contributed by atoms with Gasteiger partial charge in [0.05, 0.1) is 17.7 Å². The maximum atomic E-state index is 11.2. The molecule has 1 fully saturated rings. The summed E-state index contributed by atoms with van der Waals surface area (Å²) >= 11 is 0. The number of hydrogen-bond donors (Lipinski definition) is 1. The molecular formula is C9H13N3O2S. The molecular weight excluding hydrogens is 214 g/mol. The SMILES string of the molecule is Cc1cnnc(NC2CCS(=O)(=O)C2)c1. The van der Waals surface area contributed by atoms with Gasteiger partial charge in [0.2, 0.25) is 0 Å². The van der Waals surface area contributed by atoms with Crippen LogP contribution in [0.4, 0.5) is 5.82 Å². The minimum atomic E-state index is -2.84. The van der Waals surface area contributed by atoms with Gasteiger partial charge in [-0.2, -0.15) is 5.10 Å². The van der Waals surface area contributed by atoms with Gasteiger partial charge in [0, 0.05) is 6.04 Å². The van der Waals surface area contributed by atoms with Gasteiger partial charge in [-0.15, -0.1) is 5.10 Å². The zero-order valence-electron chi connectivity index (χ0n) is 8.47. The van der Waals surface area contributed by atoms with E-state index < -0.39 is 9.84 Å². The second-order valence-electron chi connectivity index (χ2n) is 3.86. The smallest absolute Gasteiger partial charge is 0.152 e. The van der Waals surface area contributed by atoms with Crippen LogP contribution in [0.15, 0.2) is 12.3 Å². The summed E-state index contributed by atoms with van der Waals surface area (Å²) in [6, 6.07) is 1.84. The lowest BCUT2D eigenvalue weighted by molar-refractivity contribution is 0.602. The number of nitrogens with one attached hydrogen (secondary N) is 1. The Morgan fingerprint density at radius 3 is 2.93 bits per heavy atom. The van der Waals surface area contributed by atoms with Crippen molar-refractivity contribution in [2.24, 2.45) is 0 Å². The van der Waals surface area contributed by atoms with Gasteiger partial charge < -0.3 is 5.32 Å². The fourth-order valence-corrected chi connectivity index (χ4v) is 3.33. The van der Waals surface area contributed by atoms with E-state index in [-0.39, 0.29) is 17.5 Å². The fourth-order valence-electron chi connectivity index (χ4n) is 1.65. The number of aryl methyl sites for hydroxylation is 1. The quantitative estimate of drug-likeness (QED) is 0.791. The minimum absolute atomic E-state index is 0.0221. The predicted octanol–water partition coefficient (Wildman–Crippen LogP) is 0.384. The first-order chi connectivity index (χ1) is 7.05. The van der Waals surface area contributed by atoms with E-state index in [4.69, 9.17) is 0 Å². The third-order valence-corrected chi connectivity index (χ3v) is 4.14. The molecule has 0 bridgehead atoms. The van der Waals surface area contributed by atoms with E-state index in [0.29, 0.717) is 12.2 Å². The number of rotatable bonds is 2. The summed E-state index contributed by atoms with van der Waals surface area (Å²) in [7, 11) is -2.84. The summed E-state index contributed by atoms with van der Waals surface area (Å²) in [5.74, 6) is 1.11. The van der Waals surface area contributed by atoms with Crippen molar-refractivity contribution in [2.75, 3.05) is 16.8 Å². The van der Waals surface area contributed by atoms with Gasteiger partial charge in [-0.1, -0.05) is 0 Å². The van der Waals surface area contributed by atoms with Crippen molar-refractivity contribution in [3.63, 3.8) is 0 Å². The number of aromatic nitrogens is 2. The highest BCUT2D eigenvalue weighted by Gasteiger charge is 2.27. The van der Waals surface area contributed by atoms with Crippen LogP contribution in [-0.4, -0.2) is 36.2 Å². The zero-order chi connectivity index (χ0) is 10.9. The van der Waals surface area contributed by atoms with Crippen molar-refractivity contribution in [3.05, 3.63) is 17.8 Å². The summed E-state index contributed by atoms with van der Waals surface area (Å²) in [4.78, 5) is 0. The average Bonchev–Trinajstić information content (AvgIpc) is 2.45. The molecule has 0 radical (unpaired) electrons. The first-order valence-corrected chi connectivity index (χ1v) is 6.64.